The van der Waals surface area contributed by atoms with E-state index >= 15 is 0 Å². The Bertz CT molecular complexity index is 933. The summed E-state index contributed by atoms with van der Waals surface area (Å²) in [5, 5.41) is 10.7. The zero-order valence-corrected chi connectivity index (χ0v) is 19.2. The lowest BCUT2D eigenvalue weighted by atomic mass is 9.89. The second-order valence-electron chi connectivity index (χ2n) is 9.20. The van der Waals surface area contributed by atoms with Crippen LogP contribution in [-0.2, 0) is 24.4 Å². The predicted molar refractivity (Wildman–Crippen MR) is 126 cm³/mol. The Morgan fingerprint density at radius 3 is 2.67 bits per heavy atom. The second-order valence-corrected chi connectivity index (χ2v) is 9.20. The molecule has 0 saturated heterocycles. The van der Waals surface area contributed by atoms with Gasteiger partial charge in [-0.2, -0.15) is 0 Å². The van der Waals surface area contributed by atoms with E-state index in [1.807, 2.05) is 24.3 Å². The maximum absolute atomic E-state index is 13.3. The summed E-state index contributed by atoms with van der Waals surface area (Å²) in [6, 6.07) is 14.6. The molecule has 2 aromatic heterocycles. The van der Waals surface area contributed by atoms with E-state index in [1.165, 1.54) is 49.9 Å². The summed E-state index contributed by atoms with van der Waals surface area (Å²) in [5.41, 5.74) is 2.26. The van der Waals surface area contributed by atoms with E-state index in [4.69, 9.17) is 9.15 Å². The molecule has 1 unspecified atom stereocenters. The molecule has 5 nitrogen and oxygen atoms in total. The smallest absolute Gasteiger partial charge is 0.129 e. The first-order valence-electron chi connectivity index (χ1n) is 12.0. The van der Waals surface area contributed by atoms with Crippen LogP contribution >= 0.6 is 0 Å². The molecule has 178 valence electrons. The molecule has 1 fully saturated rings. The van der Waals surface area contributed by atoms with Crippen molar-refractivity contribution in [3.05, 3.63) is 83.8 Å². The summed E-state index contributed by atoms with van der Waals surface area (Å²) in [7, 11) is 0. The molecule has 1 aliphatic carbocycles. The van der Waals surface area contributed by atoms with E-state index in [0.29, 0.717) is 25.6 Å². The molecule has 0 bridgehead atoms. The van der Waals surface area contributed by atoms with E-state index in [-0.39, 0.29) is 12.4 Å². The Hall–Kier alpha value is -2.41. The van der Waals surface area contributed by atoms with Gasteiger partial charge in [0.2, 0.25) is 0 Å². The zero-order valence-electron chi connectivity index (χ0n) is 19.2. The number of aromatic nitrogens is 1. The molecule has 0 radical (unpaired) electrons. The van der Waals surface area contributed by atoms with Crippen LogP contribution in [0.1, 0.15) is 49.1 Å². The topological polar surface area (TPSA) is 50.8 Å². The van der Waals surface area contributed by atoms with E-state index in [1.54, 1.807) is 6.26 Å². The van der Waals surface area contributed by atoms with E-state index in [0.717, 1.165) is 24.4 Å². The minimum absolute atomic E-state index is 0.214. The van der Waals surface area contributed by atoms with Gasteiger partial charge < -0.3 is 18.8 Å². The molecule has 0 amide bonds. The van der Waals surface area contributed by atoms with Crippen molar-refractivity contribution < 1.29 is 18.7 Å². The predicted octanol–water partition coefficient (Wildman–Crippen LogP) is 5.23. The number of halogens is 1. The van der Waals surface area contributed by atoms with Crippen LogP contribution in [0.15, 0.2) is 65.4 Å². The van der Waals surface area contributed by atoms with Gasteiger partial charge >= 0.3 is 0 Å². The number of benzene rings is 1. The molecule has 1 saturated carbocycles. The average molecular weight is 455 g/mol. The Labute approximate surface area is 195 Å². The maximum Gasteiger partial charge on any atom is 0.129 e. The van der Waals surface area contributed by atoms with Crippen molar-refractivity contribution >= 4 is 0 Å². The third-order valence-corrected chi connectivity index (χ3v) is 6.42. The van der Waals surface area contributed by atoms with Crippen LogP contribution in [0.2, 0.25) is 0 Å². The number of rotatable bonds is 12. The fraction of sp³-hybridized carbons (Fsp3) is 0.481. The SMILES string of the molecule is OC(COCc1ccco1)CN(Cc1cccn1Cc1ccc(F)cc1)CC1CCCCC1. The maximum atomic E-state index is 13.3. The van der Waals surface area contributed by atoms with Gasteiger partial charge in [0.05, 0.1) is 19.0 Å². The molecule has 2 heterocycles. The number of nitrogens with zero attached hydrogens (tertiary/aromatic N) is 2. The number of furan rings is 1. The first-order chi connectivity index (χ1) is 16.2. The van der Waals surface area contributed by atoms with Crippen molar-refractivity contribution in [1.82, 2.24) is 9.47 Å². The lowest BCUT2D eigenvalue weighted by Crippen LogP contribution is -2.38. The first kappa shape index (κ1) is 23.7. The normalized spacial score (nSPS) is 15.8. The van der Waals surface area contributed by atoms with Gasteiger partial charge in [0, 0.05) is 38.1 Å². The van der Waals surface area contributed by atoms with Gasteiger partial charge in [-0.15, -0.1) is 0 Å². The summed E-state index contributed by atoms with van der Waals surface area (Å²) in [4.78, 5) is 2.37. The molecular formula is C27H35FN2O3. The first-order valence-corrected chi connectivity index (χ1v) is 12.0. The van der Waals surface area contributed by atoms with Crippen LogP contribution in [0.3, 0.4) is 0 Å². The van der Waals surface area contributed by atoms with Gasteiger partial charge in [0.25, 0.3) is 0 Å². The van der Waals surface area contributed by atoms with Crippen molar-refractivity contribution in [1.29, 1.82) is 0 Å². The highest BCUT2D eigenvalue weighted by Gasteiger charge is 2.21. The molecule has 1 atom stereocenters. The van der Waals surface area contributed by atoms with Gasteiger partial charge in [0.15, 0.2) is 0 Å². The van der Waals surface area contributed by atoms with Gasteiger partial charge in [0.1, 0.15) is 18.2 Å². The second kappa shape index (κ2) is 12.2. The number of hydrogen-bond donors (Lipinski definition) is 1. The Morgan fingerprint density at radius 1 is 1.09 bits per heavy atom. The quantitative estimate of drug-likeness (QED) is 0.407. The zero-order chi connectivity index (χ0) is 22.9. The summed E-state index contributed by atoms with van der Waals surface area (Å²) in [6.07, 6.45) is 9.59. The van der Waals surface area contributed by atoms with Crippen molar-refractivity contribution in [3.8, 4) is 0 Å². The van der Waals surface area contributed by atoms with Gasteiger partial charge in [-0.3, -0.25) is 4.90 Å². The number of aliphatic hydroxyl groups excluding tert-OH is 1. The van der Waals surface area contributed by atoms with Crippen LogP contribution in [0.25, 0.3) is 0 Å². The standard InChI is InChI=1S/C27H35FN2O3/c28-24-12-10-23(11-13-24)17-30-14-4-8-25(30)18-29(16-22-6-2-1-3-7-22)19-26(31)20-32-21-27-9-5-15-33-27/h4-5,8-15,22,26,31H,1-3,6-7,16-21H2. The lowest BCUT2D eigenvalue weighted by Gasteiger charge is -2.31. The number of aliphatic hydroxyl groups is 1. The van der Waals surface area contributed by atoms with Gasteiger partial charge in [-0.25, -0.2) is 4.39 Å². The van der Waals surface area contributed by atoms with Crippen molar-refractivity contribution in [2.24, 2.45) is 5.92 Å². The van der Waals surface area contributed by atoms with Gasteiger partial charge in [-0.1, -0.05) is 31.4 Å². The summed E-state index contributed by atoms with van der Waals surface area (Å²) in [6.45, 7) is 3.66. The molecule has 6 heteroatoms. The molecule has 1 aliphatic rings. The highest BCUT2D eigenvalue weighted by molar-refractivity contribution is 5.18. The van der Waals surface area contributed by atoms with E-state index in [9.17, 15) is 9.50 Å². The summed E-state index contributed by atoms with van der Waals surface area (Å²) in [5.74, 6) is 1.23. The monoisotopic (exact) mass is 454 g/mol. The molecule has 0 aliphatic heterocycles. The number of hydrogen-bond acceptors (Lipinski definition) is 4. The summed E-state index contributed by atoms with van der Waals surface area (Å²) >= 11 is 0. The number of ether oxygens (including phenoxy) is 1. The van der Waals surface area contributed by atoms with Gasteiger partial charge in [-0.05, 0) is 60.7 Å². The van der Waals surface area contributed by atoms with Crippen molar-refractivity contribution in [2.75, 3.05) is 19.7 Å². The van der Waals surface area contributed by atoms with Crippen LogP contribution in [0, 0.1) is 11.7 Å². The molecule has 3 aromatic rings. The fourth-order valence-electron chi connectivity index (χ4n) is 4.74. The molecule has 1 aromatic carbocycles. The third kappa shape index (κ3) is 7.56. The van der Waals surface area contributed by atoms with Crippen molar-refractivity contribution in [3.63, 3.8) is 0 Å². The molecule has 33 heavy (non-hydrogen) atoms. The molecule has 0 spiro atoms. The van der Waals surface area contributed by atoms with Crippen LogP contribution in [0.4, 0.5) is 4.39 Å². The Balaban J connectivity index is 1.36. The minimum Gasteiger partial charge on any atom is -0.467 e. The Morgan fingerprint density at radius 2 is 1.91 bits per heavy atom. The fourth-order valence-corrected chi connectivity index (χ4v) is 4.74. The van der Waals surface area contributed by atoms with Crippen molar-refractivity contribution in [2.45, 2.75) is 57.9 Å². The van der Waals surface area contributed by atoms with Crippen LogP contribution in [-0.4, -0.2) is 40.4 Å². The molecular weight excluding hydrogens is 419 g/mol. The minimum atomic E-state index is -0.566. The van der Waals surface area contributed by atoms with Crippen LogP contribution < -0.4 is 0 Å². The summed E-state index contributed by atoms with van der Waals surface area (Å²) < 4.78 is 26.5. The molecule has 4 rings (SSSR count). The largest absolute Gasteiger partial charge is 0.467 e. The van der Waals surface area contributed by atoms with Crippen LogP contribution in [0.5, 0.6) is 0 Å². The lowest BCUT2D eigenvalue weighted by molar-refractivity contribution is 0.000333. The average Bonchev–Trinajstić information content (AvgIpc) is 3.48. The highest BCUT2D eigenvalue weighted by Crippen LogP contribution is 2.25. The van der Waals surface area contributed by atoms with E-state index in [2.05, 4.69) is 27.8 Å². The van der Waals surface area contributed by atoms with E-state index < -0.39 is 6.10 Å². The third-order valence-electron chi connectivity index (χ3n) is 6.42. The Kier molecular flexibility index (Phi) is 8.75. The highest BCUT2D eigenvalue weighted by atomic mass is 19.1. The molecule has 1 N–H and O–H groups in total.